The number of rotatable bonds is 4. The minimum atomic E-state index is -1.54. The summed E-state index contributed by atoms with van der Waals surface area (Å²) < 4.78 is 11.7. The SMILES string of the molecule is Cc1ccccc1C1=N[C@]2(C(=O)O1)[C@@H](c1ccccc1)CC(O)=C(C(=O)OC(C)(C)C)[C@@H]2c1ccccc1. The minimum Gasteiger partial charge on any atom is -0.512 e. The summed E-state index contributed by atoms with van der Waals surface area (Å²) in [5.41, 5.74) is 0.769. The lowest BCUT2D eigenvalue weighted by Gasteiger charge is -2.43. The monoisotopic (exact) mass is 509 g/mol. The molecule has 38 heavy (non-hydrogen) atoms. The van der Waals surface area contributed by atoms with Crippen LogP contribution in [0.25, 0.3) is 0 Å². The number of aliphatic hydroxyl groups excluding tert-OH is 1. The average Bonchev–Trinajstić information content (AvgIpc) is 3.22. The molecule has 1 aliphatic heterocycles. The van der Waals surface area contributed by atoms with Gasteiger partial charge in [0, 0.05) is 17.9 Å². The topological polar surface area (TPSA) is 85.2 Å². The Morgan fingerprint density at radius 2 is 1.53 bits per heavy atom. The number of benzene rings is 3. The Bertz CT molecular complexity index is 1440. The van der Waals surface area contributed by atoms with E-state index in [4.69, 9.17) is 14.5 Å². The first-order valence-corrected chi connectivity index (χ1v) is 12.7. The van der Waals surface area contributed by atoms with Crippen molar-refractivity contribution in [2.24, 2.45) is 4.99 Å². The maximum Gasteiger partial charge on any atom is 0.342 e. The molecule has 3 aromatic carbocycles. The lowest BCUT2D eigenvalue weighted by atomic mass is 9.61. The Kier molecular flexibility index (Phi) is 6.43. The molecule has 0 aromatic heterocycles. The Labute approximate surface area is 222 Å². The number of nitrogens with zero attached hydrogens (tertiary/aromatic N) is 1. The van der Waals surface area contributed by atoms with Gasteiger partial charge >= 0.3 is 11.9 Å². The number of hydrogen-bond acceptors (Lipinski definition) is 6. The highest BCUT2D eigenvalue weighted by Gasteiger charge is 2.63. The molecule has 1 heterocycles. The lowest BCUT2D eigenvalue weighted by molar-refractivity contribution is -0.151. The van der Waals surface area contributed by atoms with Gasteiger partial charge in [0.05, 0.1) is 11.5 Å². The predicted octanol–water partition coefficient (Wildman–Crippen LogP) is 6.16. The first-order valence-electron chi connectivity index (χ1n) is 12.7. The molecule has 0 saturated heterocycles. The summed E-state index contributed by atoms with van der Waals surface area (Å²) in [5, 5.41) is 11.4. The third-order valence-electron chi connectivity index (χ3n) is 7.10. The first kappa shape index (κ1) is 25.5. The molecular weight excluding hydrogens is 478 g/mol. The second-order valence-electron chi connectivity index (χ2n) is 10.8. The van der Waals surface area contributed by atoms with Gasteiger partial charge in [-0.2, -0.15) is 0 Å². The van der Waals surface area contributed by atoms with Crippen molar-refractivity contribution in [3.63, 3.8) is 0 Å². The summed E-state index contributed by atoms with van der Waals surface area (Å²) in [5.74, 6) is -2.67. The second kappa shape index (κ2) is 9.60. The van der Waals surface area contributed by atoms with E-state index in [0.717, 1.165) is 11.1 Å². The maximum absolute atomic E-state index is 14.2. The van der Waals surface area contributed by atoms with Crippen molar-refractivity contribution >= 4 is 17.8 Å². The zero-order valence-corrected chi connectivity index (χ0v) is 22.0. The highest BCUT2D eigenvalue weighted by molar-refractivity contribution is 6.11. The molecule has 2 aliphatic rings. The molecule has 6 nitrogen and oxygen atoms in total. The minimum absolute atomic E-state index is 0.0293. The lowest BCUT2D eigenvalue weighted by Crippen LogP contribution is -2.51. The first-order chi connectivity index (χ1) is 18.1. The van der Waals surface area contributed by atoms with Gasteiger partial charge in [-0.1, -0.05) is 78.9 Å². The number of aliphatic hydroxyl groups is 1. The van der Waals surface area contributed by atoms with Crippen LogP contribution in [0.3, 0.4) is 0 Å². The molecule has 0 fully saturated rings. The average molecular weight is 510 g/mol. The van der Waals surface area contributed by atoms with E-state index in [1.54, 1.807) is 20.8 Å². The molecule has 3 aromatic rings. The molecule has 0 amide bonds. The molecule has 5 rings (SSSR count). The number of cyclic esters (lactones) is 1. The molecule has 0 saturated carbocycles. The molecule has 194 valence electrons. The second-order valence-corrected chi connectivity index (χ2v) is 10.8. The highest BCUT2D eigenvalue weighted by Crippen LogP contribution is 2.56. The van der Waals surface area contributed by atoms with E-state index in [-0.39, 0.29) is 23.7 Å². The van der Waals surface area contributed by atoms with E-state index in [9.17, 15) is 14.7 Å². The van der Waals surface area contributed by atoms with Crippen LogP contribution < -0.4 is 0 Å². The van der Waals surface area contributed by atoms with Crippen LogP contribution in [0.5, 0.6) is 0 Å². The van der Waals surface area contributed by atoms with Gasteiger partial charge in [-0.3, -0.25) is 0 Å². The molecule has 1 spiro atoms. The van der Waals surface area contributed by atoms with Crippen molar-refractivity contribution in [1.82, 2.24) is 0 Å². The third kappa shape index (κ3) is 4.40. The molecule has 0 bridgehead atoms. The van der Waals surface area contributed by atoms with Crippen LogP contribution >= 0.6 is 0 Å². The van der Waals surface area contributed by atoms with E-state index < -0.39 is 34.9 Å². The van der Waals surface area contributed by atoms with Gasteiger partial charge in [0.15, 0.2) is 5.54 Å². The quantitative estimate of drug-likeness (QED) is 0.426. The summed E-state index contributed by atoms with van der Waals surface area (Å²) in [6.07, 6.45) is 0.0293. The fourth-order valence-electron chi connectivity index (χ4n) is 5.48. The van der Waals surface area contributed by atoms with Crippen LogP contribution in [-0.2, 0) is 19.1 Å². The summed E-state index contributed by atoms with van der Waals surface area (Å²) in [6, 6.07) is 26.3. The fraction of sp³-hybridized carbons (Fsp3) is 0.281. The molecule has 0 radical (unpaired) electrons. The number of ether oxygens (including phenoxy) is 2. The number of aryl methyl sites for hydroxylation is 1. The van der Waals surface area contributed by atoms with E-state index in [2.05, 4.69) is 0 Å². The van der Waals surface area contributed by atoms with E-state index >= 15 is 0 Å². The van der Waals surface area contributed by atoms with Gasteiger partial charge in [-0.25, -0.2) is 14.6 Å². The van der Waals surface area contributed by atoms with Gasteiger partial charge in [0.1, 0.15) is 11.4 Å². The van der Waals surface area contributed by atoms with E-state index in [0.29, 0.717) is 11.1 Å². The van der Waals surface area contributed by atoms with E-state index in [1.165, 1.54) is 0 Å². The van der Waals surface area contributed by atoms with Crippen molar-refractivity contribution < 1.29 is 24.2 Å². The van der Waals surface area contributed by atoms with Crippen LogP contribution in [-0.4, -0.2) is 34.1 Å². The van der Waals surface area contributed by atoms with Gasteiger partial charge < -0.3 is 14.6 Å². The van der Waals surface area contributed by atoms with Gasteiger partial charge in [-0.15, -0.1) is 0 Å². The number of carbonyl (C=O) groups is 2. The Morgan fingerprint density at radius 3 is 2.13 bits per heavy atom. The fourth-order valence-corrected chi connectivity index (χ4v) is 5.48. The van der Waals surface area contributed by atoms with Gasteiger partial charge in [-0.05, 0) is 50.5 Å². The van der Waals surface area contributed by atoms with Crippen LogP contribution in [0, 0.1) is 6.92 Å². The van der Waals surface area contributed by atoms with Crippen molar-refractivity contribution in [3.8, 4) is 0 Å². The van der Waals surface area contributed by atoms with Crippen molar-refractivity contribution in [2.45, 2.75) is 57.1 Å². The van der Waals surface area contributed by atoms with E-state index in [1.807, 2.05) is 91.9 Å². The number of esters is 2. The van der Waals surface area contributed by atoms with Crippen LogP contribution in [0.4, 0.5) is 0 Å². The number of carbonyl (C=O) groups excluding carboxylic acids is 2. The Hall–Kier alpha value is -4.19. The summed E-state index contributed by atoms with van der Waals surface area (Å²) >= 11 is 0. The maximum atomic E-state index is 14.2. The Balaban J connectivity index is 1.81. The summed E-state index contributed by atoms with van der Waals surface area (Å²) in [7, 11) is 0. The largest absolute Gasteiger partial charge is 0.512 e. The molecule has 6 heteroatoms. The van der Waals surface area contributed by atoms with Crippen molar-refractivity contribution in [3.05, 3.63) is 119 Å². The van der Waals surface area contributed by atoms with Crippen molar-refractivity contribution in [1.29, 1.82) is 0 Å². The zero-order chi connectivity index (χ0) is 27.1. The predicted molar refractivity (Wildman–Crippen MR) is 145 cm³/mol. The molecule has 3 atom stereocenters. The number of hydrogen-bond donors (Lipinski definition) is 1. The summed E-state index contributed by atoms with van der Waals surface area (Å²) in [4.78, 5) is 32.9. The molecule has 1 aliphatic carbocycles. The van der Waals surface area contributed by atoms with Crippen LogP contribution in [0.15, 0.2) is 101 Å². The molecule has 0 unspecified atom stereocenters. The van der Waals surface area contributed by atoms with Crippen LogP contribution in [0.1, 0.15) is 61.3 Å². The van der Waals surface area contributed by atoms with Crippen molar-refractivity contribution in [2.75, 3.05) is 0 Å². The standard InChI is InChI=1S/C32H31NO5/c1-20-13-11-12-18-23(20)28-33-32(30(36)37-28)24(21-14-7-5-8-15-21)19-25(34)26(29(35)38-31(2,3)4)27(32)22-16-9-6-10-17-22/h5-18,24,27,34H,19H2,1-4H3/t24-,27+,32-/m1/s1. The summed E-state index contributed by atoms with van der Waals surface area (Å²) in [6.45, 7) is 7.23. The molecular formula is C32H31NO5. The third-order valence-corrected chi connectivity index (χ3v) is 7.10. The zero-order valence-electron chi connectivity index (χ0n) is 22.0. The van der Waals surface area contributed by atoms with Crippen LogP contribution in [0.2, 0.25) is 0 Å². The Morgan fingerprint density at radius 1 is 0.947 bits per heavy atom. The molecule has 1 N–H and O–H groups in total. The number of allylic oxidation sites excluding steroid dienone is 1. The smallest absolute Gasteiger partial charge is 0.342 e. The van der Waals surface area contributed by atoms with Gasteiger partial charge in [0.2, 0.25) is 5.90 Å². The van der Waals surface area contributed by atoms with Gasteiger partial charge in [0.25, 0.3) is 0 Å². The number of aliphatic imine (C=N–C) groups is 1. The normalized spacial score (nSPS) is 23.3. The highest BCUT2D eigenvalue weighted by atomic mass is 16.6.